The minimum atomic E-state index is -0.151. The summed E-state index contributed by atoms with van der Waals surface area (Å²) in [6.07, 6.45) is 0.304. The predicted molar refractivity (Wildman–Crippen MR) is 72.4 cm³/mol. The van der Waals surface area contributed by atoms with Gasteiger partial charge in [-0.05, 0) is 12.1 Å². The number of nitrogens with zero attached hydrogens (tertiary/aromatic N) is 2. The van der Waals surface area contributed by atoms with E-state index < -0.39 is 0 Å². The zero-order valence-corrected chi connectivity index (χ0v) is 10.9. The van der Waals surface area contributed by atoms with Crippen LogP contribution < -0.4 is 11.1 Å². The van der Waals surface area contributed by atoms with Crippen molar-refractivity contribution in [2.24, 2.45) is 0 Å². The van der Waals surface area contributed by atoms with Crippen LogP contribution in [-0.4, -0.2) is 23.2 Å². The summed E-state index contributed by atoms with van der Waals surface area (Å²) in [6.45, 7) is 0.361. The second-order valence-corrected chi connectivity index (χ2v) is 4.68. The molecule has 0 unspecified atom stereocenters. The average Bonchev–Trinajstić information content (AvgIpc) is 2.78. The zero-order valence-electron chi connectivity index (χ0n) is 10.0. The van der Waals surface area contributed by atoms with E-state index >= 15 is 0 Å². The smallest absolute Gasteiger partial charge is 0.257 e. The van der Waals surface area contributed by atoms with Gasteiger partial charge in [0.1, 0.15) is 5.52 Å². The Morgan fingerprint density at radius 3 is 3.21 bits per heavy atom. The van der Waals surface area contributed by atoms with E-state index in [2.05, 4.69) is 10.3 Å². The van der Waals surface area contributed by atoms with E-state index in [1.807, 2.05) is 6.07 Å². The number of nitrogen functional groups attached to an aromatic ring is 1. The number of nitriles is 1. The lowest BCUT2D eigenvalue weighted by molar-refractivity contribution is -0.118. The van der Waals surface area contributed by atoms with Crippen molar-refractivity contribution in [3.8, 4) is 6.07 Å². The van der Waals surface area contributed by atoms with E-state index in [0.717, 1.165) is 0 Å². The molecule has 98 valence electrons. The molecule has 0 saturated heterocycles. The van der Waals surface area contributed by atoms with Crippen molar-refractivity contribution in [3.63, 3.8) is 0 Å². The first-order chi connectivity index (χ1) is 9.19. The van der Waals surface area contributed by atoms with E-state index in [0.29, 0.717) is 35.0 Å². The third-order valence-electron chi connectivity index (χ3n) is 2.28. The van der Waals surface area contributed by atoms with Gasteiger partial charge in [0.05, 0.1) is 18.2 Å². The van der Waals surface area contributed by atoms with Crippen LogP contribution in [0.15, 0.2) is 27.8 Å². The minimum Gasteiger partial charge on any atom is -0.431 e. The molecule has 1 aromatic heterocycles. The number of benzene rings is 1. The van der Waals surface area contributed by atoms with Crippen LogP contribution in [0.3, 0.4) is 0 Å². The molecule has 0 bridgehead atoms. The van der Waals surface area contributed by atoms with E-state index in [1.54, 1.807) is 18.2 Å². The van der Waals surface area contributed by atoms with Gasteiger partial charge < -0.3 is 15.5 Å². The number of nitrogens with two attached hydrogens (primary N) is 1. The molecular weight excluding hydrogens is 264 g/mol. The van der Waals surface area contributed by atoms with E-state index in [9.17, 15) is 4.79 Å². The molecule has 0 aliphatic carbocycles. The Hall–Kier alpha value is -2.20. The monoisotopic (exact) mass is 276 g/mol. The largest absolute Gasteiger partial charge is 0.431 e. The lowest BCUT2D eigenvalue weighted by atomic mass is 10.3. The van der Waals surface area contributed by atoms with Crippen molar-refractivity contribution in [1.82, 2.24) is 10.3 Å². The average molecular weight is 276 g/mol. The summed E-state index contributed by atoms with van der Waals surface area (Å²) in [5, 5.41) is 11.4. The second kappa shape index (κ2) is 6.11. The molecule has 2 aromatic rings. The lowest BCUT2D eigenvalue weighted by Gasteiger charge is -1.99. The molecule has 7 heteroatoms. The number of fused-ring (bicyclic) bond motifs is 1. The highest BCUT2D eigenvalue weighted by atomic mass is 32.2. The summed E-state index contributed by atoms with van der Waals surface area (Å²) < 4.78 is 5.46. The number of amides is 1. The molecule has 2 rings (SSSR count). The number of nitrogens with one attached hydrogen (secondary N) is 1. The number of oxazole rings is 1. The lowest BCUT2D eigenvalue weighted by Crippen LogP contribution is -2.25. The molecule has 0 aliphatic rings. The van der Waals surface area contributed by atoms with Crippen LogP contribution in [0.4, 0.5) is 5.69 Å². The van der Waals surface area contributed by atoms with Gasteiger partial charge in [-0.1, -0.05) is 11.8 Å². The highest BCUT2D eigenvalue weighted by Crippen LogP contribution is 2.24. The minimum absolute atomic E-state index is 0.151. The van der Waals surface area contributed by atoms with Crippen molar-refractivity contribution in [1.29, 1.82) is 5.26 Å². The standard InChI is InChI=1S/C12H12N4O2S/c13-4-1-5-15-11(17)7-19-12-16-9-3-2-8(14)6-10(9)18-12/h2-3,6H,1,5,7,14H2,(H,15,17). The van der Waals surface area contributed by atoms with Gasteiger partial charge in [0.25, 0.3) is 5.22 Å². The molecule has 1 amide bonds. The maximum absolute atomic E-state index is 11.4. The first-order valence-corrected chi connectivity index (χ1v) is 6.60. The van der Waals surface area contributed by atoms with Crippen LogP contribution in [0, 0.1) is 11.3 Å². The van der Waals surface area contributed by atoms with Crippen molar-refractivity contribution >= 4 is 34.5 Å². The Morgan fingerprint density at radius 2 is 2.42 bits per heavy atom. The summed E-state index contributed by atoms with van der Waals surface area (Å²) in [4.78, 5) is 15.7. The van der Waals surface area contributed by atoms with E-state index in [1.165, 1.54) is 11.8 Å². The number of carbonyl (C=O) groups is 1. The van der Waals surface area contributed by atoms with Gasteiger partial charge in [-0.15, -0.1) is 0 Å². The third-order valence-corrected chi connectivity index (χ3v) is 3.11. The summed E-state index contributed by atoms with van der Waals surface area (Å²) in [5.41, 5.74) is 7.56. The van der Waals surface area contributed by atoms with Crippen LogP contribution in [0.2, 0.25) is 0 Å². The Labute approximate surface area is 114 Å². The van der Waals surface area contributed by atoms with Crippen molar-refractivity contribution in [2.75, 3.05) is 18.0 Å². The molecule has 0 saturated carbocycles. The van der Waals surface area contributed by atoms with Crippen LogP contribution in [0.25, 0.3) is 11.1 Å². The van der Waals surface area contributed by atoms with Crippen LogP contribution in [0.5, 0.6) is 0 Å². The fourth-order valence-electron chi connectivity index (χ4n) is 1.42. The number of aromatic nitrogens is 1. The maximum Gasteiger partial charge on any atom is 0.257 e. The first-order valence-electron chi connectivity index (χ1n) is 5.61. The van der Waals surface area contributed by atoms with E-state index in [4.69, 9.17) is 15.4 Å². The van der Waals surface area contributed by atoms with Crippen molar-refractivity contribution < 1.29 is 9.21 Å². The van der Waals surface area contributed by atoms with Crippen molar-refractivity contribution in [3.05, 3.63) is 18.2 Å². The molecule has 0 atom stereocenters. The number of rotatable bonds is 5. The van der Waals surface area contributed by atoms with Gasteiger partial charge in [-0.3, -0.25) is 4.79 Å². The second-order valence-electron chi connectivity index (χ2n) is 3.75. The van der Waals surface area contributed by atoms with Gasteiger partial charge in [-0.2, -0.15) is 5.26 Å². The molecule has 0 fully saturated rings. The Morgan fingerprint density at radius 1 is 1.58 bits per heavy atom. The molecule has 6 nitrogen and oxygen atoms in total. The van der Waals surface area contributed by atoms with Crippen molar-refractivity contribution in [2.45, 2.75) is 11.6 Å². The van der Waals surface area contributed by atoms with Crippen LogP contribution in [-0.2, 0) is 4.79 Å². The number of hydrogen-bond acceptors (Lipinski definition) is 6. The Balaban J connectivity index is 1.91. The molecular formula is C12H12N4O2S. The first kappa shape index (κ1) is 13.2. The highest BCUT2D eigenvalue weighted by Gasteiger charge is 2.09. The normalized spacial score (nSPS) is 10.3. The molecule has 0 spiro atoms. The molecule has 1 aromatic carbocycles. The molecule has 0 radical (unpaired) electrons. The Bertz CT molecular complexity index is 632. The highest BCUT2D eigenvalue weighted by molar-refractivity contribution is 7.99. The van der Waals surface area contributed by atoms with Gasteiger partial charge in [0.2, 0.25) is 5.91 Å². The molecule has 0 aliphatic heterocycles. The maximum atomic E-state index is 11.4. The number of hydrogen-bond donors (Lipinski definition) is 2. The van der Waals surface area contributed by atoms with Gasteiger partial charge >= 0.3 is 0 Å². The third kappa shape index (κ3) is 3.63. The van der Waals surface area contributed by atoms with Gasteiger partial charge in [0, 0.05) is 18.3 Å². The zero-order chi connectivity index (χ0) is 13.7. The number of anilines is 1. The molecule has 1 heterocycles. The summed E-state index contributed by atoms with van der Waals surface area (Å²) in [5.74, 6) is 0.0512. The predicted octanol–water partition coefficient (Wildman–Crippen LogP) is 1.53. The molecule has 19 heavy (non-hydrogen) atoms. The van der Waals surface area contributed by atoms with Crippen LogP contribution in [0.1, 0.15) is 6.42 Å². The van der Waals surface area contributed by atoms with E-state index in [-0.39, 0.29) is 11.7 Å². The fourth-order valence-corrected chi connectivity index (χ4v) is 2.09. The number of thioether (sulfide) groups is 1. The summed E-state index contributed by atoms with van der Waals surface area (Å²) >= 11 is 1.20. The van der Waals surface area contributed by atoms with Crippen LogP contribution >= 0.6 is 11.8 Å². The summed E-state index contributed by atoms with van der Waals surface area (Å²) in [6, 6.07) is 7.16. The summed E-state index contributed by atoms with van der Waals surface area (Å²) in [7, 11) is 0. The van der Waals surface area contributed by atoms with Gasteiger partial charge in [0.15, 0.2) is 5.58 Å². The fraction of sp³-hybridized carbons (Fsp3) is 0.250. The SMILES string of the molecule is N#CCCNC(=O)CSc1nc2ccc(N)cc2o1. The Kier molecular flexibility index (Phi) is 4.26. The topological polar surface area (TPSA) is 105 Å². The molecule has 3 N–H and O–H groups in total. The number of carbonyl (C=O) groups excluding carboxylic acids is 1. The quantitative estimate of drug-likeness (QED) is 0.487. The van der Waals surface area contributed by atoms with Gasteiger partial charge in [-0.25, -0.2) is 4.98 Å².